The van der Waals surface area contributed by atoms with E-state index in [1.54, 1.807) is 38.8 Å². The quantitative estimate of drug-likeness (QED) is 0.558. The van der Waals surface area contributed by atoms with E-state index in [-0.39, 0.29) is 34.6 Å². The zero-order chi connectivity index (χ0) is 30.8. The lowest BCUT2D eigenvalue weighted by Gasteiger charge is -3.09. The van der Waals surface area contributed by atoms with E-state index < -0.39 is 17.2 Å². The molecule has 8 aliphatic rings. The summed E-state index contributed by atoms with van der Waals surface area (Å²) in [6, 6.07) is 6.07. The molecule has 1 saturated heterocycles. The molecule has 10 rings (SSSR count). The Kier molecular flexibility index (Phi) is 4.70. The Balaban J connectivity index is 1.01. The van der Waals surface area contributed by atoms with Crippen LogP contribution < -0.4 is 5.32 Å². The monoisotopic (exact) mass is 592 g/mol. The molecule has 3 heterocycles. The predicted octanol–water partition coefficient (Wildman–Crippen LogP) is 3.09. The number of carbonyl (C=O) groups is 2. The molecular formula is C33H33FN8O2. The van der Waals surface area contributed by atoms with Crippen molar-refractivity contribution in [3.63, 3.8) is 0 Å². The van der Waals surface area contributed by atoms with Gasteiger partial charge in [0.1, 0.15) is 5.82 Å². The van der Waals surface area contributed by atoms with Crippen LogP contribution in [0.25, 0.3) is 10.9 Å². The van der Waals surface area contributed by atoms with E-state index in [4.69, 9.17) is 0 Å². The Hall–Kier alpha value is -4.22. The number of likely N-dealkylation sites (N-methyl/N-ethyl adjacent to an activating group) is 1. The third-order valence-corrected chi connectivity index (χ3v) is 13.4. The third kappa shape index (κ3) is 2.37. The van der Waals surface area contributed by atoms with E-state index >= 15 is 4.39 Å². The fraction of sp³-hybridized carbons (Fsp3) is 0.545. The number of aryl methyl sites for hydroxylation is 1. The van der Waals surface area contributed by atoms with Crippen LogP contribution in [0.15, 0.2) is 28.6 Å². The number of fused-ring (bicyclic) bond motifs is 1. The van der Waals surface area contributed by atoms with Gasteiger partial charge in [0, 0.05) is 61.1 Å². The van der Waals surface area contributed by atoms with Gasteiger partial charge in [0.25, 0.3) is 0 Å². The largest absolute Gasteiger partial charge is 0.350 e. The molecule has 0 radical (unpaired) electrons. The summed E-state index contributed by atoms with van der Waals surface area (Å²) >= 11 is 0. The second-order valence-electron chi connectivity index (χ2n) is 14.2. The van der Waals surface area contributed by atoms with Gasteiger partial charge in [-0.3, -0.25) is 14.7 Å². The highest BCUT2D eigenvalue weighted by Crippen LogP contribution is 3.10. The van der Waals surface area contributed by atoms with Crippen molar-refractivity contribution in [2.45, 2.75) is 26.7 Å². The van der Waals surface area contributed by atoms with Gasteiger partial charge in [-0.1, -0.05) is 0 Å². The molecular weight excluding hydrogens is 559 g/mol. The lowest BCUT2D eigenvalue weighted by atomic mass is 8.92. The number of nitrogens with one attached hydrogen (secondary N) is 2. The zero-order valence-electron chi connectivity index (χ0n) is 25.3. The first-order valence-electron chi connectivity index (χ1n) is 15.5. The van der Waals surface area contributed by atoms with Crippen molar-refractivity contribution in [3.8, 4) is 12.1 Å². The van der Waals surface area contributed by atoms with Crippen molar-refractivity contribution in [2.75, 3.05) is 45.6 Å². The normalized spacial score (nSPS) is 37.7. The number of piperazine rings is 1. The average molecular weight is 593 g/mol. The highest BCUT2D eigenvalue weighted by molar-refractivity contribution is 6.08. The van der Waals surface area contributed by atoms with Gasteiger partial charge < -0.3 is 20.0 Å². The Bertz CT molecular complexity index is 1830. The van der Waals surface area contributed by atoms with Gasteiger partial charge in [-0.15, -0.1) is 0 Å². The van der Waals surface area contributed by atoms with Gasteiger partial charge in [-0.05, 0) is 69.4 Å². The summed E-state index contributed by atoms with van der Waals surface area (Å²) in [4.78, 5) is 33.7. The number of aromatic amines is 1. The van der Waals surface area contributed by atoms with Gasteiger partial charge in [0.2, 0.25) is 11.8 Å². The average Bonchev–Trinajstić information content (AvgIpc) is 3.43. The van der Waals surface area contributed by atoms with E-state index in [9.17, 15) is 20.1 Å². The Morgan fingerprint density at radius 2 is 1.50 bits per heavy atom. The molecule has 0 unspecified atom stereocenters. The van der Waals surface area contributed by atoms with Crippen LogP contribution in [-0.2, 0) is 9.59 Å². The number of aromatic nitrogens is 2. The molecule has 2 N–H and O–H groups in total. The summed E-state index contributed by atoms with van der Waals surface area (Å²) in [5, 5.41) is 31.1. The van der Waals surface area contributed by atoms with Crippen molar-refractivity contribution in [1.29, 1.82) is 10.5 Å². The number of nitrogens with zero attached hydrogens (tertiary/aromatic N) is 6. The van der Waals surface area contributed by atoms with Crippen LogP contribution in [0.1, 0.15) is 30.9 Å². The van der Waals surface area contributed by atoms with Gasteiger partial charge in [0.15, 0.2) is 5.82 Å². The molecule has 0 bridgehead atoms. The molecule has 6 aliphatic carbocycles. The van der Waals surface area contributed by atoms with Crippen molar-refractivity contribution < 1.29 is 14.0 Å². The molecule has 11 heteroatoms. The molecule has 10 nitrogen and oxygen atoms in total. The Morgan fingerprint density at radius 1 is 0.955 bits per heavy atom. The van der Waals surface area contributed by atoms with Gasteiger partial charge in [0.05, 0.1) is 45.5 Å². The number of amides is 2. The lowest BCUT2D eigenvalue weighted by molar-refractivity contribution is -0.624. The van der Waals surface area contributed by atoms with E-state index in [1.165, 1.54) is 0 Å². The second-order valence-corrected chi connectivity index (χ2v) is 14.2. The molecule has 0 atom stereocenters. The Morgan fingerprint density at radius 3 is 2.05 bits per heavy atom. The fourth-order valence-corrected chi connectivity index (χ4v) is 11.3. The maximum atomic E-state index is 16.0. The summed E-state index contributed by atoms with van der Waals surface area (Å²) < 4.78 is 16.0. The van der Waals surface area contributed by atoms with Crippen LogP contribution >= 0.6 is 0 Å². The summed E-state index contributed by atoms with van der Waals surface area (Å²) in [7, 11) is 3.88. The third-order valence-electron chi connectivity index (χ3n) is 13.4. The predicted molar refractivity (Wildman–Crippen MR) is 156 cm³/mol. The number of hydrogen-bond acceptors (Lipinski definition) is 7. The van der Waals surface area contributed by atoms with Crippen LogP contribution in [0.3, 0.4) is 0 Å². The van der Waals surface area contributed by atoms with Crippen molar-refractivity contribution in [3.05, 3.63) is 45.6 Å². The van der Waals surface area contributed by atoms with Crippen LogP contribution in [-0.4, -0.2) is 77.0 Å². The number of hydrogen-bond donors (Lipinski definition) is 2. The number of nitriles is 2. The number of anilines is 1. The summed E-state index contributed by atoms with van der Waals surface area (Å²) in [5.41, 5.74) is 2.36. The molecule has 1 aromatic carbocycles. The van der Waals surface area contributed by atoms with E-state index in [1.807, 2.05) is 0 Å². The zero-order valence-corrected chi connectivity index (χ0v) is 25.3. The molecule has 2 aromatic rings. The summed E-state index contributed by atoms with van der Waals surface area (Å²) in [6.45, 7) is 8.63. The number of rotatable bonds is 4. The smallest absolute Gasteiger partial charge is 0.232 e. The first kappa shape index (κ1) is 26.2. The van der Waals surface area contributed by atoms with Crippen LogP contribution in [0.4, 0.5) is 10.2 Å². The van der Waals surface area contributed by atoms with Gasteiger partial charge in [-0.25, -0.2) is 4.39 Å². The van der Waals surface area contributed by atoms with Crippen molar-refractivity contribution >= 4 is 28.5 Å². The highest BCUT2D eigenvalue weighted by atomic mass is 19.1. The molecule has 2 aliphatic heterocycles. The summed E-state index contributed by atoms with van der Waals surface area (Å²) in [6.07, 6.45) is 0. The van der Waals surface area contributed by atoms with Gasteiger partial charge >= 0.3 is 0 Å². The van der Waals surface area contributed by atoms with Crippen LogP contribution in [0.2, 0.25) is 0 Å². The Labute approximate surface area is 254 Å². The van der Waals surface area contributed by atoms with Gasteiger partial charge in [-0.2, -0.15) is 15.6 Å². The van der Waals surface area contributed by atoms with E-state index in [2.05, 4.69) is 44.5 Å². The van der Waals surface area contributed by atoms with E-state index in [0.717, 1.165) is 26.2 Å². The second kappa shape index (κ2) is 7.89. The SMILES string of the molecule is CC1=C(C#N)C(c2cc3c(NC(=O)C45C6C7C4C4C5C6C74C(=O)N4CCN(C)CC4)n[nH]c3c(C)c2F)C(C#N)=C(C)N1C. The maximum absolute atomic E-state index is 16.0. The minimum atomic E-state index is -0.860. The van der Waals surface area contributed by atoms with E-state index in [0.29, 0.717) is 68.5 Å². The molecule has 6 saturated carbocycles. The molecule has 2 amide bonds. The first-order valence-corrected chi connectivity index (χ1v) is 15.5. The summed E-state index contributed by atoms with van der Waals surface area (Å²) in [5.74, 6) is 1.08. The molecule has 44 heavy (non-hydrogen) atoms. The molecule has 224 valence electrons. The maximum Gasteiger partial charge on any atom is 0.232 e. The van der Waals surface area contributed by atoms with Crippen LogP contribution in [0, 0.1) is 81.7 Å². The lowest BCUT2D eigenvalue weighted by Crippen LogP contribution is -3.12. The highest BCUT2D eigenvalue weighted by Gasteiger charge is 3.13. The number of benzene rings is 1. The fourth-order valence-electron chi connectivity index (χ4n) is 11.3. The molecule has 1 aromatic heterocycles. The van der Waals surface area contributed by atoms with Crippen LogP contribution in [0.5, 0.6) is 0 Å². The first-order chi connectivity index (χ1) is 21.1. The topological polar surface area (TPSA) is 132 Å². The van der Waals surface area contributed by atoms with Crippen molar-refractivity contribution in [2.24, 2.45) is 46.3 Å². The molecule has 0 spiro atoms. The standard InChI is InChI=1S/C33H33FN8O2/c1-13-27(34)16(20-18(11-35)14(2)41(5)15(3)19(20)12-36)10-17-28(13)38-39-29(17)37-30(43)32-21-24-22(32)26-23(32)25(21)33(24,26)31(44)42-8-6-40(4)7-9-42/h10,20-26H,6-9H2,1-5H3,(H2,37,38,39,43). The minimum Gasteiger partial charge on any atom is -0.350 e. The van der Waals surface area contributed by atoms with Crippen molar-refractivity contribution in [1.82, 2.24) is 24.9 Å². The number of H-pyrrole nitrogens is 1. The number of allylic oxidation sites excluding steroid dienone is 4. The number of halogens is 1. The minimum absolute atomic E-state index is 0.0419. The molecule has 7 fully saturated rings. The number of carbonyl (C=O) groups excluding carboxylic acids is 2.